The highest BCUT2D eigenvalue weighted by Gasteiger charge is 2.00. The van der Waals surface area contributed by atoms with Gasteiger partial charge in [0.15, 0.2) is 0 Å². The van der Waals surface area contributed by atoms with Gasteiger partial charge in [-0.3, -0.25) is 0 Å². The van der Waals surface area contributed by atoms with Gasteiger partial charge >= 0.3 is 0 Å². The molecule has 0 saturated heterocycles. The lowest BCUT2D eigenvalue weighted by Crippen LogP contribution is -2.03. The van der Waals surface area contributed by atoms with Gasteiger partial charge in [0.2, 0.25) is 0 Å². The minimum atomic E-state index is 0.830. The predicted molar refractivity (Wildman–Crippen MR) is 87.5 cm³/mol. The largest absolute Gasteiger partial charge is 0.398 e. The number of hydrogen-bond donors (Lipinski definition) is 2. The summed E-state index contributed by atoms with van der Waals surface area (Å²) >= 11 is 0. The fourth-order valence-electron chi connectivity index (χ4n) is 2.10. The van der Waals surface area contributed by atoms with Crippen LogP contribution in [0.25, 0.3) is 5.70 Å². The van der Waals surface area contributed by atoms with Crippen LogP contribution in [0.5, 0.6) is 0 Å². The van der Waals surface area contributed by atoms with Gasteiger partial charge in [0, 0.05) is 17.9 Å². The molecule has 3 N–H and O–H groups in total. The summed E-state index contributed by atoms with van der Waals surface area (Å²) in [6, 6.07) is 18.5. The zero-order valence-corrected chi connectivity index (χ0v) is 12.0. The molecule has 0 spiro atoms. The topological polar surface area (TPSA) is 38.0 Å². The van der Waals surface area contributed by atoms with Crippen molar-refractivity contribution in [1.82, 2.24) is 0 Å². The first-order valence-electron chi connectivity index (χ1n) is 7.14. The summed E-state index contributed by atoms with van der Waals surface area (Å²) < 4.78 is 0. The maximum Gasteiger partial charge on any atom is 0.0375 e. The van der Waals surface area contributed by atoms with Crippen LogP contribution in [0.4, 0.5) is 5.69 Å². The number of rotatable bonds is 6. The van der Waals surface area contributed by atoms with Crippen LogP contribution < -0.4 is 11.1 Å². The van der Waals surface area contributed by atoms with Crippen LogP contribution in [0.3, 0.4) is 0 Å². The third kappa shape index (κ3) is 3.89. The quantitative estimate of drug-likeness (QED) is 0.827. The monoisotopic (exact) mass is 266 g/mol. The summed E-state index contributed by atoms with van der Waals surface area (Å²) in [5, 5.41) is 3.46. The van der Waals surface area contributed by atoms with E-state index < -0.39 is 0 Å². The highest BCUT2D eigenvalue weighted by atomic mass is 14.9. The second kappa shape index (κ2) is 7.39. The van der Waals surface area contributed by atoms with Gasteiger partial charge in [-0.2, -0.15) is 0 Å². The van der Waals surface area contributed by atoms with Gasteiger partial charge in [0.05, 0.1) is 0 Å². The van der Waals surface area contributed by atoms with Gasteiger partial charge in [-0.15, -0.1) is 0 Å². The van der Waals surface area contributed by atoms with E-state index in [0.717, 1.165) is 30.6 Å². The Kier molecular flexibility index (Phi) is 5.24. The van der Waals surface area contributed by atoms with Gasteiger partial charge in [0.25, 0.3) is 0 Å². The van der Waals surface area contributed by atoms with E-state index in [1.54, 1.807) is 0 Å². The van der Waals surface area contributed by atoms with Crippen molar-refractivity contribution in [3.63, 3.8) is 0 Å². The minimum absolute atomic E-state index is 0.830. The van der Waals surface area contributed by atoms with E-state index in [2.05, 4.69) is 42.6 Å². The number of benzene rings is 2. The molecule has 0 heterocycles. The Labute approximate surface area is 121 Å². The van der Waals surface area contributed by atoms with E-state index in [9.17, 15) is 0 Å². The smallest absolute Gasteiger partial charge is 0.0375 e. The summed E-state index contributed by atoms with van der Waals surface area (Å²) in [6.07, 6.45) is 4.05. The van der Waals surface area contributed by atoms with Crippen molar-refractivity contribution in [3.8, 4) is 0 Å². The van der Waals surface area contributed by atoms with Crippen molar-refractivity contribution < 1.29 is 0 Å². The predicted octanol–water partition coefficient (Wildman–Crippen LogP) is 4.05. The van der Waals surface area contributed by atoms with E-state index >= 15 is 0 Å². The van der Waals surface area contributed by atoms with Gasteiger partial charge in [-0.05, 0) is 30.0 Å². The van der Waals surface area contributed by atoms with Crippen LogP contribution in [0, 0.1) is 0 Å². The molecule has 2 nitrogen and oxygen atoms in total. The molecule has 2 aromatic rings. The molecule has 0 aliphatic rings. The Morgan fingerprint density at radius 3 is 2.50 bits per heavy atom. The number of allylic oxidation sites excluding steroid dienone is 1. The fraction of sp³-hybridized carbons (Fsp3) is 0.222. The second-order valence-electron chi connectivity index (χ2n) is 4.81. The maximum absolute atomic E-state index is 6.13. The van der Waals surface area contributed by atoms with Crippen LogP contribution in [0.2, 0.25) is 0 Å². The average Bonchev–Trinajstić information content (AvgIpc) is 2.52. The lowest BCUT2D eigenvalue weighted by atomic mass is 10.1. The Morgan fingerprint density at radius 2 is 1.75 bits per heavy atom. The Morgan fingerprint density at radius 1 is 1.05 bits per heavy atom. The molecular formula is C18H22N2. The van der Waals surface area contributed by atoms with E-state index in [1.807, 2.05) is 30.3 Å². The van der Waals surface area contributed by atoms with Crippen molar-refractivity contribution in [2.24, 2.45) is 5.73 Å². The zero-order chi connectivity index (χ0) is 14.2. The molecule has 2 heteroatoms. The zero-order valence-electron chi connectivity index (χ0n) is 12.0. The number of nitrogens with two attached hydrogens (primary N) is 1. The van der Waals surface area contributed by atoms with Crippen LogP contribution in [0.15, 0.2) is 60.7 Å². The second-order valence-corrected chi connectivity index (χ2v) is 4.81. The number of hydrogen-bond acceptors (Lipinski definition) is 2. The average molecular weight is 266 g/mol. The SMILES string of the molecule is CCCNc1ccccc1C/C=C(\N)c1ccccc1. The van der Waals surface area contributed by atoms with Crippen molar-refractivity contribution in [2.75, 3.05) is 11.9 Å². The molecule has 2 rings (SSSR count). The molecule has 0 aliphatic heterocycles. The first kappa shape index (κ1) is 14.2. The molecule has 0 amide bonds. The standard InChI is InChI=1S/C18H22N2/c1-2-14-20-18-11-7-6-10-16(18)12-13-17(19)15-8-4-3-5-9-15/h3-11,13,20H,2,12,14,19H2,1H3/b17-13-. The fourth-order valence-corrected chi connectivity index (χ4v) is 2.10. The summed E-state index contributed by atoms with van der Waals surface area (Å²) in [4.78, 5) is 0. The molecular weight excluding hydrogens is 244 g/mol. The lowest BCUT2D eigenvalue weighted by molar-refractivity contribution is 0.975. The van der Waals surface area contributed by atoms with Crippen molar-refractivity contribution in [2.45, 2.75) is 19.8 Å². The van der Waals surface area contributed by atoms with Crippen LogP contribution in [-0.2, 0) is 6.42 Å². The van der Waals surface area contributed by atoms with E-state index in [0.29, 0.717) is 0 Å². The molecule has 0 bridgehead atoms. The van der Waals surface area contributed by atoms with E-state index in [1.165, 1.54) is 11.3 Å². The van der Waals surface area contributed by atoms with E-state index in [4.69, 9.17) is 5.73 Å². The first-order valence-corrected chi connectivity index (χ1v) is 7.14. The molecule has 0 aromatic heterocycles. The maximum atomic E-state index is 6.13. The molecule has 2 aromatic carbocycles. The Balaban J connectivity index is 2.10. The van der Waals surface area contributed by atoms with Gasteiger partial charge in [-0.1, -0.05) is 61.5 Å². The normalized spacial score (nSPS) is 11.3. The van der Waals surface area contributed by atoms with Gasteiger partial charge in [-0.25, -0.2) is 0 Å². The van der Waals surface area contributed by atoms with Crippen molar-refractivity contribution in [1.29, 1.82) is 0 Å². The van der Waals surface area contributed by atoms with Crippen molar-refractivity contribution in [3.05, 3.63) is 71.8 Å². The third-order valence-corrected chi connectivity index (χ3v) is 3.23. The first-order chi connectivity index (χ1) is 9.81. The molecule has 0 unspecified atom stereocenters. The molecule has 0 aliphatic carbocycles. The molecule has 20 heavy (non-hydrogen) atoms. The third-order valence-electron chi connectivity index (χ3n) is 3.23. The summed E-state index contributed by atoms with van der Waals surface area (Å²) in [5.74, 6) is 0. The van der Waals surface area contributed by atoms with Crippen LogP contribution in [-0.4, -0.2) is 6.54 Å². The molecule has 0 radical (unpaired) electrons. The van der Waals surface area contributed by atoms with Gasteiger partial charge in [0.1, 0.15) is 0 Å². The molecule has 104 valence electrons. The van der Waals surface area contributed by atoms with Crippen LogP contribution in [0.1, 0.15) is 24.5 Å². The number of anilines is 1. The summed E-state index contributed by atoms with van der Waals surface area (Å²) in [6.45, 7) is 3.16. The minimum Gasteiger partial charge on any atom is -0.398 e. The van der Waals surface area contributed by atoms with E-state index in [-0.39, 0.29) is 0 Å². The number of nitrogens with one attached hydrogen (secondary N) is 1. The van der Waals surface area contributed by atoms with Crippen LogP contribution >= 0.6 is 0 Å². The summed E-state index contributed by atoms with van der Waals surface area (Å²) in [7, 11) is 0. The molecule has 0 atom stereocenters. The lowest BCUT2D eigenvalue weighted by Gasteiger charge is -2.10. The highest BCUT2D eigenvalue weighted by Crippen LogP contribution is 2.17. The summed E-state index contributed by atoms with van der Waals surface area (Å²) in [5.41, 5.74) is 10.5. The number of para-hydroxylation sites is 1. The Bertz CT molecular complexity index is 559. The molecule has 0 saturated carbocycles. The van der Waals surface area contributed by atoms with Gasteiger partial charge < -0.3 is 11.1 Å². The van der Waals surface area contributed by atoms with Crippen molar-refractivity contribution >= 4 is 11.4 Å². The highest BCUT2D eigenvalue weighted by molar-refractivity contribution is 5.63. The molecule has 0 fully saturated rings. The Hall–Kier alpha value is -2.22.